The minimum Gasteiger partial charge on any atom is -0.491 e. The molecular weight excluding hydrogens is 230 g/mol. The Hall–Kier alpha value is -2.35. The molecule has 0 aromatic heterocycles. The third-order valence-corrected chi connectivity index (χ3v) is 3.40. The van der Waals surface area contributed by atoms with E-state index in [0.29, 0.717) is 0 Å². The van der Waals surface area contributed by atoms with Gasteiger partial charge in [-0.1, -0.05) is 30.3 Å². The molecule has 94 valence electrons. The monoisotopic (exact) mass is 245 g/mol. The average Bonchev–Trinajstić information content (AvgIpc) is 2.64. The molecule has 0 aliphatic carbocycles. The summed E-state index contributed by atoms with van der Waals surface area (Å²) < 4.78 is 0. The molecule has 1 heterocycles. The van der Waals surface area contributed by atoms with E-state index in [1.807, 2.05) is 30.3 Å². The van der Waals surface area contributed by atoms with Gasteiger partial charge in [-0.2, -0.15) is 5.26 Å². The fourth-order valence-corrected chi connectivity index (χ4v) is 2.35. The SMILES string of the molecule is CC(C#N)C1(c2ccccc2)NC(O)=C(O)N1C. The van der Waals surface area contributed by atoms with Crippen molar-refractivity contribution in [3.8, 4) is 6.07 Å². The lowest BCUT2D eigenvalue weighted by Gasteiger charge is -2.39. The Morgan fingerprint density at radius 3 is 2.39 bits per heavy atom. The van der Waals surface area contributed by atoms with E-state index in [-0.39, 0.29) is 11.8 Å². The summed E-state index contributed by atoms with van der Waals surface area (Å²) in [5.41, 5.74) is -0.151. The first-order chi connectivity index (χ1) is 8.54. The quantitative estimate of drug-likeness (QED) is 0.740. The van der Waals surface area contributed by atoms with Gasteiger partial charge >= 0.3 is 0 Å². The molecule has 1 aromatic rings. The number of rotatable bonds is 2. The minimum atomic E-state index is -0.954. The Balaban J connectivity index is 2.56. The number of nitrogens with zero attached hydrogens (tertiary/aromatic N) is 2. The second kappa shape index (κ2) is 4.15. The number of aliphatic hydroxyl groups excluding tert-OH is 2. The van der Waals surface area contributed by atoms with Crippen molar-refractivity contribution in [1.29, 1.82) is 5.26 Å². The summed E-state index contributed by atoms with van der Waals surface area (Å²) in [5, 5.41) is 31.5. The molecular formula is C13H15N3O2. The first-order valence-electron chi connectivity index (χ1n) is 5.63. The second-order valence-electron chi connectivity index (χ2n) is 4.34. The van der Waals surface area contributed by atoms with Crippen LogP contribution in [0.2, 0.25) is 0 Å². The highest BCUT2D eigenvalue weighted by Gasteiger charge is 2.49. The standard InChI is InChI=1S/C13H15N3O2/c1-9(8-14)13(10-6-4-3-5-7-10)15-11(17)12(18)16(13)2/h3-7,9,15,17-18H,1-2H3. The summed E-state index contributed by atoms with van der Waals surface area (Å²) in [6.45, 7) is 1.74. The van der Waals surface area contributed by atoms with Crippen molar-refractivity contribution >= 4 is 0 Å². The molecule has 1 aliphatic rings. The number of hydrogen-bond acceptors (Lipinski definition) is 5. The van der Waals surface area contributed by atoms with Crippen LogP contribution in [0.1, 0.15) is 12.5 Å². The van der Waals surface area contributed by atoms with Crippen LogP contribution >= 0.6 is 0 Å². The van der Waals surface area contributed by atoms with Crippen LogP contribution in [-0.4, -0.2) is 22.2 Å². The van der Waals surface area contributed by atoms with Gasteiger partial charge in [-0.05, 0) is 12.5 Å². The van der Waals surface area contributed by atoms with E-state index in [2.05, 4.69) is 11.4 Å². The molecule has 5 nitrogen and oxygen atoms in total. The second-order valence-corrected chi connectivity index (χ2v) is 4.34. The van der Waals surface area contributed by atoms with E-state index in [1.54, 1.807) is 14.0 Å². The van der Waals surface area contributed by atoms with Crippen LogP contribution in [-0.2, 0) is 5.66 Å². The Morgan fingerprint density at radius 1 is 1.33 bits per heavy atom. The molecule has 18 heavy (non-hydrogen) atoms. The van der Waals surface area contributed by atoms with Gasteiger partial charge in [-0.3, -0.25) is 0 Å². The third kappa shape index (κ3) is 1.46. The van der Waals surface area contributed by atoms with Crippen LogP contribution in [0.15, 0.2) is 42.1 Å². The largest absolute Gasteiger partial charge is 0.491 e. The molecule has 0 saturated carbocycles. The van der Waals surface area contributed by atoms with Crippen molar-refractivity contribution in [3.63, 3.8) is 0 Å². The maximum Gasteiger partial charge on any atom is 0.251 e. The Bertz CT molecular complexity index is 521. The van der Waals surface area contributed by atoms with Crippen LogP contribution in [0.3, 0.4) is 0 Å². The zero-order chi connectivity index (χ0) is 13.3. The summed E-state index contributed by atoms with van der Waals surface area (Å²) in [7, 11) is 1.63. The number of benzene rings is 1. The molecule has 1 aliphatic heterocycles. The lowest BCUT2D eigenvalue weighted by atomic mass is 9.87. The third-order valence-electron chi connectivity index (χ3n) is 3.40. The molecule has 2 atom stereocenters. The molecule has 2 rings (SSSR count). The van der Waals surface area contributed by atoms with Crippen molar-refractivity contribution < 1.29 is 10.2 Å². The Labute approximate surface area is 106 Å². The van der Waals surface area contributed by atoms with E-state index in [9.17, 15) is 15.5 Å². The average molecular weight is 245 g/mol. The van der Waals surface area contributed by atoms with Gasteiger partial charge in [-0.25, -0.2) is 0 Å². The van der Waals surface area contributed by atoms with Gasteiger partial charge in [0.1, 0.15) is 0 Å². The highest BCUT2D eigenvalue weighted by Crippen LogP contribution is 2.39. The summed E-state index contributed by atoms with van der Waals surface area (Å²) in [5.74, 6) is -1.05. The first-order valence-corrected chi connectivity index (χ1v) is 5.63. The van der Waals surface area contributed by atoms with Crippen LogP contribution < -0.4 is 5.32 Å². The predicted molar refractivity (Wildman–Crippen MR) is 66.1 cm³/mol. The van der Waals surface area contributed by atoms with Crippen molar-refractivity contribution in [1.82, 2.24) is 10.2 Å². The summed E-state index contributed by atoms with van der Waals surface area (Å²) >= 11 is 0. The fraction of sp³-hybridized carbons (Fsp3) is 0.308. The maximum absolute atomic E-state index is 9.79. The van der Waals surface area contributed by atoms with Gasteiger partial charge in [-0.15, -0.1) is 0 Å². The van der Waals surface area contributed by atoms with Crippen molar-refractivity contribution in [2.75, 3.05) is 7.05 Å². The number of nitrogens with one attached hydrogen (secondary N) is 1. The zero-order valence-corrected chi connectivity index (χ0v) is 10.3. The van der Waals surface area contributed by atoms with E-state index in [4.69, 9.17) is 0 Å². The molecule has 0 amide bonds. The summed E-state index contributed by atoms with van der Waals surface area (Å²) in [6, 6.07) is 11.4. The normalized spacial score (nSPS) is 24.6. The van der Waals surface area contributed by atoms with Gasteiger partial charge in [0, 0.05) is 7.05 Å². The molecule has 0 bridgehead atoms. The van der Waals surface area contributed by atoms with Crippen LogP contribution in [0.4, 0.5) is 0 Å². The van der Waals surface area contributed by atoms with Crippen molar-refractivity contribution in [2.24, 2.45) is 5.92 Å². The van der Waals surface area contributed by atoms with Gasteiger partial charge in [0.05, 0.1) is 12.0 Å². The van der Waals surface area contributed by atoms with Gasteiger partial charge in [0.25, 0.3) is 5.88 Å². The number of hydrogen-bond donors (Lipinski definition) is 3. The van der Waals surface area contributed by atoms with Gasteiger partial charge in [0.15, 0.2) is 5.66 Å². The molecule has 0 fully saturated rings. The van der Waals surface area contributed by atoms with Crippen LogP contribution in [0, 0.1) is 17.2 Å². The fourth-order valence-electron chi connectivity index (χ4n) is 2.35. The zero-order valence-electron chi connectivity index (χ0n) is 10.3. The van der Waals surface area contributed by atoms with Crippen LogP contribution in [0.5, 0.6) is 0 Å². The highest BCUT2D eigenvalue weighted by atomic mass is 16.3. The predicted octanol–water partition coefficient (Wildman–Crippen LogP) is 1.78. The molecule has 0 spiro atoms. The summed E-state index contributed by atoms with van der Waals surface area (Å²) in [4.78, 5) is 1.48. The van der Waals surface area contributed by atoms with E-state index >= 15 is 0 Å². The summed E-state index contributed by atoms with van der Waals surface area (Å²) in [6.07, 6.45) is 0. The lowest BCUT2D eigenvalue weighted by Crippen LogP contribution is -2.52. The molecule has 0 radical (unpaired) electrons. The lowest BCUT2D eigenvalue weighted by molar-refractivity contribution is 0.0734. The number of nitriles is 1. The van der Waals surface area contributed by atoms with Crippen molar-refractivity contribution in [3.05, 3.63) is 47.7 Å². The topological polar surface area (TPSA) is 79.5 Å². The Morgan fingerprint density at radius 2 is 1.94 bits per heavy atom. The van der Waals surface area contributed by atoms with Gasteiger partial charge < -0.3 is 20.4 Å². The smallest absolute Gasteiger partial charge is 0.251 e. The minimum absolute atomic E-state index is 0.263. The first kappa shape index (κ1) is 12.1. The van der Waals surface area contributed by atoms with E-state index in [1.165, 1.54) is 4.90 Å². The van der Waals surface area contributed by atoms with Crippen LogP contribution in [0.25, 0.3) is 0 Å². The highest BCUT2D eigenvalue weighted by molar-refractivity contribution is 5.32. The molecule has 3 N–H and O–H groups in total. The van der Waals surface area contributed by atoms with Gasteiger partial charge in [0.2, 0.25) is 5.88 Å². The van der Waals surface area contributed by atoms with E-state index < -0.39 is 11.6 Å². The van der Waals surface area contributed by atoms with Crippen molar-refractivity contribution in [2.45, 2.75) is 12.6 Å². The molecule has 5 heteroatoms. The molecule has 0 saturated heterocycles. The Kier molecular flexibility index (Phi) is 2.79. The van der Waals surface area contributed by atoms with E-state index in [0.717, 1.165) is 5.56 Å². The maximum atomic E-state index is 9.79. The number of aliphatic hydroxyl groups is 2. The molecule has 1 aromatic carbocycles. The molecule has 2 unspecified atom stereocenters.